The summed E-state index contributed by atoms with van der Waals surface area (Å²) in [7, 11) is 0. The third kappa shape index (κ3) is 0.627. The fourth-order valence-electron chi connectivity index (χ4n) is 0.600. The van der Waals surface area contributed by atoms with Gasteiger partial charge in [0.25, 0.3) is 0 Å². The van der Waals surface area contributed by atoms with Gasteiger partial charge < -0.3 is 0 Å². The molecule has 1 rings (SSSR count). The van der Waals surface area contributed by atoms with Gasteiger partial charge >= 0.3 is 0 Å². The van der Waals surface area contributed by atoms with Crippen LogP contribution in [0.4, 0.5) is 0 Å². The molecule has 2 nitrogen and oxygen atoms in total. The Bertz CT molecular complexity index is 193. The van der Waals surface area contributed by atoms with Crippen molar-refractivity contribution in [2.45, 2.75) is 6.92 Å². The van der Waals surface area contributed by atoms with Crippen molar-refractivity contribution in [2.24, 2.45) is 4.99 Å². The molecule has 0 amide bonds. The highest BCUT2D eigenvalue weighted by Gasteiger charge is 2.02. The number of hydrogen-bond donors (Lipinski definition) is 0. The molecule has 0 saturated carbocycles. The monoisotopic (exact) mass is 106 g/mol. The second-order valence-electron chi connectivity index (χ2n) is 1.74. The number of rotatable bonds is 0. The first-order valence-corrected chi connectivity index (χ1v) is 2.44. The molecule has 0 saturated heterocycles. The van der Waals surface area contributed by atoms with E-state index in [1.807, 2.05) is 6.92 Å². The van der Waals surface area contributed by atoms with Crippen LogP contribution in [-0.2, 0) is 0 Å². The highest BCUT2D eigenvalue weighted by Crippen LogP contribution is 2.06. The van der Waals surface area contributed by atoms with Crippen molar-refractivity contribution < 1.29 is 0 Å². The van der Waals surface area contributed by atoms with Crippen LogP contribution < -0.4 is 0 Å². The van der Waals surface area contributed by atoms with Crippen LogP contribution in [-0.4, -0.2) is 12.8 Å². The van der Waals surface area contributed by atoms with Gasteiger partial charge in [-0.25, -0.2) is 0 Å². The topological polar surface area (TPSA) is 36.1 Å². The van der Waals surface area contributed by atoms with E-state index in [1.54, 1.807) is 6.21 Å². The molecule has 40 valence electrons. The summed E-state index contributed by atoms with van der Waals surface area (Å²) in [5.41, 5.74) is 1.80. The zero-order valence-corrected chi connectivity index (χ0v) is 4.68. The minimum absolute atomic E-state index is 0.586. The van der Waals surface area contributed by atoms with Gasteiger partial charge in [-0.1, -0.05) is 0 Å². The molecule has 2 heteroatoms. The second kappa shape index (κ2) is 1.79. The van der Waals surface area contributed by atoms with E-state index in [0.29, 0.717) is 6.54 Å². The van der Waals surface area contributed by atoms with Gasteiger partial charge in [-0.05, 0) is 12.5 Å². The average Bonchev–Trinajstić information content (AvgIpc) is 2.14. The second-order valence-corrected chi connectivity index (χ2v) is 1.74. The molecular weight excluding hydrogens is 100 g/mol. The molecule has 0 aliphatic carbocycles. The van der Waals surface area contributed by atoms with Gasteiger partial charge in [0.15, 0.2) is 0 Å². The Labute approximate surface area is 48.2 Å². The molecule has 0 radical (unpaired) electrons. The highest BCUT2D eigenvalue weighted by molar-refractivity contribution is 5.83. The Balaban J connectivity index is 2.88. The maximum Gasteiger partial charge on any atom is 0.0970 e. The van der Waals surface area contributed by atoms with Crippen LogP contribution in [0.25, 0.3) is 0 Å². The third-order valence-corrected chi connectivity index (χ3v) is 1.15. The Kier molecular flexibility index (Phi) is 1.13. The molecule has 0 aromatic rings. The van der Waals surface area contributed by atoms with E-state index in [4.69, 9.17) is 5.26 Å². The Hall–Kier alpha value is -1.10. The minimum Gasteiger partial charge on any atom is -0.287 e. The predicted molar refractivity (Wildman–Crippen MR) is 31.7 cm³/mol. The van der Waals surface area contributed by atoms with Crippen LogP contribution in [0, 0.1) is 11.3 Å². The Morgan fingerprint density at radius 1 is 1.88 bits per heavy atom. The summed E-state index contributed by atoms with van der Waals surface area (Å²) in [6.45, 7) is 2.48. The molecule has 1 heterocycles. The first kappa shape index (κ1) is 5.04. The minimum atomic E-state index is 0.586. The van der Waals surface area contributed by atoms with E-state index in [-0.39, 0.29) is 0 Å². The highest BCUT2D eigenvalue weighted by atomic mass is 14.7. The molecule has 0 atom stereocenters. The van der Waals surface area contributed by atoms with E-state index < -0.39 is 0 Å². The lowest BCUT2D eigenvalue weighted by Gasteiger charge is -1.82. The zero-order valence-electron chi connectivity index (χ0n) is 4.68. The molecule has 1 aliphatic heterocycles. The summed E-state index contributed by atoms with van der Waals surface area (Å²) in [6, 6.07) is 2.07. The SMILES string of the molecule is CC1=C(C#N)CN=C1. The first-order chi connectivity index (χ1) is 3.84. The standard InChI is InChI=1S/C6H6N2/c1-5-3-8-4-6(5)2-7/h3H,4H2,1H3. The van der Waals surface area contributed by atoms with Crippen LogP contribution in [0.3, 0.4) is 0 Å². The number of nitrogens with zero attached hydrogens (tertiary/aromatic N) is 2. The Morgan fingerprint density at radius 3 is 2.88 bits per heavy atom. The fraction of sp³-hybridized carbons (Fsp3) is 0.333. The molecule has 0 bridgehead atoms. The predicted octanol–water partition coefficient (Wildman–Crippen LogP) is 0.911. The van der Waals surface area contributed by atoms with Gasteiger partial charge in [0.1, 0.15) is 0 Å². The summed E-state index contributed by atoms with van der Waals surface area (Å²) in [5.74, 6) is 0. The molecule has 0 unspecified atom stereocenters. The van der Waals surface area contributed by atoms with E-state index in [9.17, 15) is 0 Å². The van der Waals surface area contributed by atoms with Crippen molar-refractivity contribution in [3.8, 4) is 6.07 Å². The van der Waals surface area contributed by atoms with Crippen molar-refractivity contribution in [1.29, 1.82) is 5.26 Å². The van der Waals surface area contributed by atoms with Gasteiger partial charge in [0, 0.05) is 6.21 Å². The maximum absolute atomic E-state index is 8.35. The van der Waals surface area contributed by atoms with Gasteiger partial charge in [-0.15, -0.1) is 0 Å². The lowest BCUT2D eigenvalue weighted by Crippen LogP contribution is -1.79. The van der Waals surface area contributed by atoms with Crippen LogP contribution in [0.2, 0.25) is 0 Å². The molecule has 0 fully saturated rings. The molecular formula is C6H6N2. The van der Waals surface area contributed by atoms with Crippen LogP contribution >= 0.6 is 0 Å². The zero-order chi connectivity index (χ0) is 5.98. The van der Waals surface area contributed by atoms with Crippen molar-refractivity contribution >= 4 is 6.21 Å². The summed E-state index contributed by atoms with van der Waals surface area (Å²) >= 11 is 0. The Morgan fingerprint density at radius 2 is 2.62 bits per heavy atom. The number of nitriles is 1. The normalized spacial score (nSPS) is 17.0. The lowest BCUT2D eigenvalue weighted by molar-refractivity contribution is 1.22. The maximum atomic E-state index is 8.35. The smallest absolute Gasteiger partial charge is 0.0970 e. The molecule has 0 aromatic heterocycles. The average molecular weight is 106 g/mol. The molecule has 1 aliphatic rings. The summed E-state index contributed by atoms with van der Waals surface area (Å²) in [6.07, 6.45) is 1.73. The van der Waals surface area contributed by atoms with Crippen LogP contribution in [0.15, 0.2) is 16.1 Å². The number of hydrogen-bond acceptors (Lipinski definition) is 2. The van der Waals surface area contributed by atoms with Gasteiger partial charge in [-0.3, -0.25) is 4.99 Å². The van der Waals surface area contributed by atoms with E-state index in [0.717, 1.165) is 11.1 Å². The van der Waals surface area contributed by atoms with Crippen LogP contribution in [0.5, 0.6) is 0 Å². The third-order valence-electron chi connectivity index (χ3n) is 1.15. The van der Waals surface area contributed by atoms with Gasteiger partial charge in [0.2, 0.25) is 0 Å². The summed E-state index contributed by atoms with van der Waals surface area (Å²) in [4.78, 5) is 3.90. The van der Waals surface area contributed by atoms with Gasteiger partial charge in [0.05, 0.1) is 18.2 Å². The first-order valence-electron chi connectivity index (χ1n) is 2.44. The lowest BCUT2D eigenvalue weighted by atomic mass is 10.2. The van der Waals surface area contributed by atoms with Gasteiger partial charge in [-0.2, -0.15) is 5.26 Å². The van der Waals surface area contributed by atoms with Crippen molar-refractivity contribution in [2.75, 3.05) is 6.54 Å². The van der Waals surface area contributed by atoms with Crippen molar-refractivity contribution in [3.63, 3.8) is 0 Å². The van der Waals surface area contributed by atoms with E-state index >= 15 is 0 Å². The summed E-state index contributed by atoms with van der Waals surface area (Å²) in [5, 5.41) is 8.35. The van der Waals surface area contributed by atoms with E-state index in [2.05, 4.69) is 11.1 Å². The molecule has 0 aromatic carbocycles. The van der Waals surface area contributed by atoms with E-state index in [1.165, 1.54) is 0 Å². The number of allylic oxidation sites excluding steroid dienone is 1. The quantitative estimate of drug-likeness (QED) is 0.452. The largest absolute Gasteiger partial charge is 0.287 e. The fourth-order valence-corrected chi connectivity index (χ4v) is 0.600. The molecule has 0 spiro atoms. The van der Waals surface area contributed by atoms with Crippen molar-refractivity contribution in [3.05, 3.63) is 11.1 Å². The van der Waals surface area contributed by atoms with Crippen molar-refractivity contribution in [1.82, 2.24) is 0 Å². The van der Waals surface area contributed by atoms with Crippen LogP contribution in [0.1, 0.15) is 6.92 Å². The summed E-state index contributed by atoms with van der Waals surface area (Å²) < 4.78 is 0. The molecule has 8 heavy (non-hydrogen) atoms. The number of aliphatic imine (C=N–C) groups is 1. The molecule has 0 N–H and O–H groups in total.